The summed E-state index contributed by atoms with van der Waals surface area (Å²) < 4.78 is 9.63. The van der Waals surface area contributed by atoms with Crippen molar-refractivity contribution in [3.05, 3.63) is 24.3 Å². The summed E-state index contributed by atoms with van der Waals surface area (Å²) in [7, 11) is 1.29. The average molecular weight is 286 g/mol. The average Bonchev–Trinajstić information content (AvgIpc) is 2.45. The van der Waals surface area contributed by atoms with Gasteiger partial charge in [0.15, 0.2) is 6.61 Å². The van der Waals surface area contributed by atoms with Gasteiger partial charge in [-0.15, -0.1) is 11.6 Å². The van der Waals surface area contributed by atoms with Crippen molar-refractivity contribution >= 4 is 29.2 Å². The maximum atomic E-state index is 11.6. The fourth-order valence-electron chi connectivity index (χ4n) is 1.17. The standard InChI is InChI=1S/C13H16ClNO4/c1-9(7-14)13(17)15-10-3-5-11(6-4-10)19-8-12(16)18-2/h3-6,9H,7-8H2,1-2H3,(H,15,17). The number of amides is 1. The molecule has 1 unspecified atom stereocenters. The van der Waals surface area contributed by atoms with Crippen LogP contribution in [0.3, 0.4) is 0 Å². The van der Waals surface area contributed by atoms with Crippen LogP contribution in [0.25, 0.3) is 0 Å². The number of rotatable bonds is 6. The molecule has 1 aromatic carbocycles. The molecule has 6 heteroatoms. The first kappa shape index (κ1) is 15.3. The zero-order valence-corrected chi connectivity index (χ0v) is 11.6. The van der Waals surface area contributed by atoms with Crippen molar-refractivity contribution in [2.24, 2.45) is 5.92 Å². The highest BCUT2D eigenvalue weighted by Crippen LogP contribution is 2.16. The SMILES string of the molecule is COC(=O)COc1ccc(NC(=O)C(C)CCl)cc1. The van der Waals surface area contributed by atoms with Crippen LogP contribution in [0.15, 0.2) is 24.3 Å². The minimum absolute atomic E-state index is 0.141. The van der Waals surface area contributed by atoms with Crippen LogP contribution >= 0.6 is 11.6 Å². The van der Waals surface area contributed by atoms with Gasteiger partial charge in [-0.1, -0.05) is 6.92 Å². The van der Waals surface area contributed by atoms with Gasteiger partial charge in [-0.05, 0) is 24.3 Å². The van der Waals surface area contributed by atoms with E-state index in [4.69, 9.17) is 16.3 Å². The molecule has 0 heterocycles. The van der Waals surface area contributed by atoms with Crippen LogP contribution < -0.4 is 10.1 Å². The van der Waals surface area contributed by atoms with Gasteiger partial charge in [0.25, 0.3) is 0 Å². The topological polar surface area (TPSA) is 64.6 Å². The Hall–Kier alpha value is -1.75. The van der Waals surface area contributed by atoms with Crippen molar-refractivity contribution in [3.8, 4) is 5.75 Å². The van der Waals surface area contributed by atoms with Gasteiger partial charge in [0, 0.05) is 17.5 Å². The Kier molecular flexibility index (Phi) is 6.15. The highest BCUT2D eigenvalue weighted by molar-refractivity contribution is 6.19. The van der Waals surface area contributed by atoms with Crippen LogP contribution in [-0.2, 0) is 14.3 Å². The quantitative estimate of drug-likeness (QED) is 0.642. The van der Waals surface area contributed by atoms with Crippen molar-refractivity contribution < 1.29 is 19.1 Å². The number of anilines is 1. The predicted octanol–water partition coefficient (Wildman–Crippen LogP) is 2.05. The molecule has 0 aliphatic carbocycles. The minimum atomic E-state index is -0.451. The van der Waals surface area contributed by atoms with Crippen LogP contribution in [-0.4, -0.2) is 31.5 Å². The van der Waals surface area contributed by atoms with E-state index in [0.717, 1.165) is 0 Å². The molecule has 0 radical (unpaired) electrons. The molecule has 0 fully saturated rings. The molecule has 1 aromatic rings. The maximum absolute atomic E-state index is 11.6. The van der Waals surface area contributed by atoms with E-state index in [1.165, 1.54) is 7.11 Å². The fourth-order valence-corrected chi connectivity index (χ4v) is 1.31. The van der Waals surface area contributed by atoms with Gasteiger partial charge in [0.05, 0.1) is 7.11 Å². The van der Waals surface area contributed by atoms with Crippen molar-refractivity contribution in [3.63, 3.8) is 0 Å². The smallest absolute Gasteiger partial charge is 0.343 e. The van der Waals surface area contributed by atoms with E-state index in [0.29, 0.717) is 11.4 Å². The zero-order chi connectivity index (χ0) is 14.3. The molecule has 0 aliphatic heterocycles. The Morgan fingerprint density at radius 3 is 2.47 bits per heavy atom. The maximum Gasteiger partial charge on any atom is 0.343 e. The number of benzene rings is 1. The molecule has 104 valence electrons. The second kappa shape index (κ2) is 7.63. The third-order valence-corrected chi connectivity index (χ3v) is 2.85. The summed E-state index contributed by atoms with van der Waals surface area (Å²) in [5, 5.41) is 2.73. The van der Waals surface area contributed by atoms with Crippen LogP contribution in [0.1, 0.15) is 6.92 Å². The summed E-state index contributed by atoms with van der Waals surface area (Å²) in [6, 6.07) is 6.69. The van der Waals surface area contributed by atoms with Gasteiger partial charge in [0.2, 0.25) is 5.91 Å². The first-order valence-corrected chi connectivity index (χ1v) is 6.26. The first-order valence-electron chi connectivity index (χ1n) is 5.73. The number of carbonyl (C=O) groups is 2. The molecule has 0 saturated carbocycles. The first-order chi connectivity index (χ1) is 9.06. The second-order valence-electron chi connectivity index (χ2n) is 3.93. The minimum Gasteiger partial charge on any atom is -0.482 e. The second-order valence-corrected chi connectivity index (χ2v) is 4.24. The van der Waals surface area contributed by atoms with Crippen LogP contribution in [0.4, 0.5) is 5.69 Å². The van der Waals surface area contributed by atoms with E-state index in [1.54, 1.807) is 31.2 Å². The summed E-state index contributed by atoms with van der Waals surface area (Å²) >= 11 is 5.60. The molecule has 0 aliphatic rings. The van der Waals surface area contributed by atoms with E-state index in [9.17, 15) is 9.59 Å². The van der Waals surface area contributed by atoms with Crippen LogP contribution in [0, 0.1) is 5.92 Å². The molecule has 1 atom stereocenters. The van der Waals surface area contributed by atoms with E-state index in [1.807, 2.05) is 0 Å². The number of carbonyl (C=O) groups excluding carboxylic acids is 2. The molecule has 1 amide bonds. The lowest BCUT2D eigenvalue weighted by Crippen LogP contribution is -2.21. The number of hydrogen-bond acceptors (Lipinski definition) is 4. The fraction of sp³-hybridized carbons (Fsp3) is 0.385. The van der Waals surface area contributed by atoms with Gasteiger partial charge < -0.3 is 14.8 Å². The van der Waals surface area contributed by atoms with Gasteiger partial charge in [-0.3, -0.25) is 4.79 Å². The van der Waals surface area contributed by atoms with Crippen molar-refractivity contribution in [1.29, 1.82) is 0 Å². The lowest BCUT2D eigenvalue weighted by atomic mass is 10.2. The zero-order valence-electron chi connectivity index (χ0n) is 10.8. The van der Waals surface area contributed by atoms with Gasteiger partial charge >= 0.3 is 5.97 Å². The van der Waals surface area contributed by atoms with E-state index in [-0.39, 0.29) is 24.3 Å². The molecule has 0 aromatic heterocycles. The van der Waals surface area contributed by atoms with E-state index in [2.05, 4.69) is 10.1 Å². The number of ether oxygens (including phenoxy) is 2. The molecular formula is C13H16ClNO4. The Bertz CT molecular complexity index is 433. The molecule has 0 saturated heterocycles. The summed E-state index contributed by atoms with van der Waals surface area (Å²) in [6.45, 7) is 1.60. The number of nitrogens with one attached hydrogen (secondary N) is 1. The lowest BCUT2D eigenvalue weighted by molar-refractivity contribution is -0.142. The molecular weight excluding hydrogens is 270 g/mol. The number of methoxy groups -OCH3 is 1. The normalized spacial score (nSPS) is 11.5. The summed E-state index contributed by atoms with van der Waals surface area (Å²) in [6.07, 6.45) is 0. The highest BCUT2D eigenvalue weighted by Gasteiger charge is 2.11. The molecule has 1 N–H and O–H groups in total. The third kappa shape index (κ3) is 5.18. The van der Waals surface area contributed by atoms with Crippen LogP contribution in [0.2, 0.25) is 0 Å². The Balaban J connectivity index is 2.52. The van der Waals surface area contributed by atoms with E-state index < -0.39 is 5.97 Å². The lowest BCUT2D eigenvalue weighted by Gasteiger charge is -2.10. The van der Waals surface area contributed by atoms with Gasteiger partial charge in [-0.2, -0.15) is 0 Å². The van der Waals surface area contributed by atoms with E-state index >= 15 is 0 Å². The molecule has 19 heavy (non-hydrogen) atoms. The van der Waals surface area contributed by atoms with Crippen LogP contribution in [0.5, 0.6) is 5.75 Å². The summed E-state index contributed by atoms with van der Waals surface area (Å²) in [5.41, 5.74) is 0.646. The third-order valence-electron chi connectivity index (χ3n) is 2.39. The molecule has 1 rings (SSSR count). The largest absolute Gasteiger partial charge is 0.482 e. The number of esters is 1. The highest BCUT2D eigenvalue weighted by atomic mass is 35.5. The number of alkyl halides is 1. The monoisotopic (exact) mass is 285 g/mol. The van der Waals surface area contributed by atoms with Crippen molar-refractivity contribution in [2.75, 3.05) is 24.9 Å². The Labute approximate surface area is 116 Å². The van der Waals surface area contributed by atoms with Gasteiger partial charge in [-0.25, -0.2) is 4.79 Å². The van der Waals surface area contributed by atoms with Gasteiger partial charge in [0.1, 0.15) is 5.75 Å². The number of hydrogen-bond donors (Lipinski definition) is 1. The molecule has 0 spiro atoms. The summed E-state index contributed by atoms with van der Waals surface area (Å²) in [4.78, 5) is 22.5. The Morgan fingerprint density at radius 2 is 1.95 bits per heavy atom. The predicted molar refractivity (Wildman–Crippen MR) is 72.5 cm³/mol. The van der Waals surface area contributed by atoms with Crippen molar-refractivity contribution in [1.82, 2.24) is 0 Å². The summed E-state index contributed by atoms with van der Waals surface area (Å²) in [5.74, 6) is -0.0520. The molecule has 5 nitrogen and oxygen atoms in total. The molecule has 0 bridgehead atoms. The Morgan fingerprint density at radius 1 is 1.32 bits per heavy atom. The number of halogens is 1. The van der Waals surface area contributed by atoms with Crippen molar-refractivity contribution in [2.45, 2.75) is 6.92 Å².